The largest absolute Gasteiger partial charge is 0.394 e. The Bertz CT molecular complexity index is 888. The Morgan fingerprint density at radius 3 is 1.91 bits per heavy atom. The van der Waals surface area contributed by atoms with Crippen molar-refractivity contribution in [1.82, 2.24) is 5.32 Å². The molecule has 1 amide bonds. The highest BCUT2D eigenvalue weighted by Gasteiger charge is 2.53. The molecule has 0 unspecified atom stereocenters. The van der Waals surface area contributed by atoms with Crippen molar-refractivity contribution in [3.8, 4) is 0 Å². The van der Waals surface area contributed by atoms with Crippen molar-refractivity contribution >= 4 is 5.91 Å². The van der Waals surface area contributed by atoms with Gasteiger partial charge in [-0.05, 0) is 6.42 Å². The second-order valence-electron chi connectivity index (χ2n) is 11.9. The maximum Gasteiger partial charge on any atom is 0.217 e. The zero-order chi connectivity index (χ0) is 34.0. The fourth-order valence-electron chi connectivity index (χ4n) is 5.82. The Kier molecular flexibility index (Phi) is 16.4. The summed E-state index contributed by atoms with van der Waals surface area (Å²) in [5, 5.41) is 85.9. The first-order valence-corrected chi connectivity index (χ1v) is 15.9. The van der Waals surface area contributed by atoms with Crippen molar-refractivity contribution in [2.45, 2.75) is 144 Å². The highest BCUT2D eigenvalue weighted by atomic mass is 16.8. The Balaban J connectivity index is 1.73. The van der Waals surface area contributed by atoms with Crippen molar-refractivity contribution < 1.29 is 78.8 Å². The second kappa shape index (κ2) is 19.2. The van der Waals surface area contributed by atoms with Gasteiger partial charge < -0.3 is 79.3 Å². The van der Waals surface area contributed by atoms with Crippen LogP contribution in [-0.2, 0) is 38.0 Å². The number of hydrogen-bond donors (Lipinski definition) is 9. The molecule has 270 valence electrons. The molecule has 17 nitrogen and oxygen atoms in total. The molecule has 15 atom stereocenters. The van der Waals surface area contributed by atoms with Crippen LogP contribution in [0, 0.1) is 0 Å². The zero-order valence-corrected chi connectivity index (χ0v) is 26.6. The van der Waals surface area contributed by atoms with Gasteiger partial charge in [-0.1, -0.05) is 39.0 Å². The molecule has 3 rings (SSSR count). The molecule has 3 saturated heterocycles. The minimum atomic E-state index is -1.64. The van der Waals surface area contributed by atoms with Gasteiger partial charge in [-0.3, -0.25) is 4.79 Å². The lowest BCUT2D eigenvalue weighted by Gasteiger charge is -2.48. The van der Waals surface area contributed by atoms with E-state index in [2.05, 4.69) is 12.2 Å². The number of ether oxygens (including phenoxy) is 7. The molecule has 3 fully saturated rings. The number of methoxy groups -OCH3 is 1. The van der Waals surface area contributed by atoms with Crippen LogP contribution in [0.25, 0.3) is 0 Å². The Labute approximate surface area is 268 Å². The van der Waals surface area contributed by atoms with Crippen LogP contribution >= 0.6 is 0 Å². The van der Waals surface area contributed by atoms with E-state index >= 15 is 0 Å². The maximum absolute atomic E-state index is 11.9. The second-order valence-corrected chi connectivity index (χ2v) is 11.9. The van der Waals surface area contributed by atoms with Crippen LogP contribution in [0.15, 0.2) is 0 Å². The molecule has 0 bridgehead atoms. The molecule has 0 aromatic heterocycles. The van der Waals surface area contributed by atoms with E-state index in [-0.39, 0.29) is 6.61 Å². The van der Waals surface area contributed by atoms with Crippen molar-refractivity contribution in [2.24, 2.45) is 0 Å². The lowest BCUT2D eigenvalue weighted by molar-refractivity contribution is -0.364. The van der Waals surface area contributed by atoms with Crippen molar-refractivity contribution in [1.29, 1.82) is 0 Å². The molecule has 0 aromatic carbocycles. The van der Waals surface area contributed by atoms with Crippen LogP contribution in [0.1, 0.15) is 52.4 Å². The molecular weight excluding hydrogens is 618 g/mol. The van der Waals surface area contributed by atoms with Gasteiger partial charge in [0.2, 0.25) is 5.91 Å². The number of aliphatic hydroxyl groups excluding tert-OH is 8. The van der Waals surface area contributed by atoms with E-state index in [0.717, 1.165) is 39.0 Å². The number of carbonyl (C=O) groups is 1. The number of rotatable bonds is 17. The third kappa shape index (κ3) is 9.96. The minimum Gasteiger partial charge on any atom is -0.394 e. The molecule has 3 heterocycles. The van der Waals surface area contributed by atoms with Crippen LogP contribution in [0.5, 0.6) is 0 Å². The van der Waals surface area contributed by atoms with Gasteiger partial charge in [-0.25, -0.2) is 0 Å². The monoisotopic (exact) mass is 671 g/mol. The number of nitrogens with one attached hydrogen (secondary N) is 1. The first-order chi connectivity index (χ1) is 22.0. The molecule has 0 radical (unpaired) electrons. The van der Waals surface area contributed by atoms with Gasteiger partial charge in [0.25, 0.3) is 0 Å². The summed E-state index contributed by atoms with van der Waals surface area (Å²) >= 11 is 0. The predicted octanol–water partition coefficient (Wildman–Crippen LogP) is -3.39. The number of unbranched alkanes of at least 4 members (excludes halogenated alkanes) is 5. The molecule has 0 aliphatic carbocycles. The van der Waals surface area contributed by atoms with E-state index in [1.165, 1.54) is 7.11 Å². The van der Waals surface area contributed by atoms with Gasteiger partial charge in [0, 0.05) is 20.6 Å². The first kappa shape index (κ1) is 39.3. The summed E-state index contributed by atoms with van der Waals surface area (Å²) in [7, 11) is 1.27. The van der Waals surface area contributed by atoms with Crippen molar-refractivity contribution in [3.05, 3.63) is 0 Å². The topological polar surface area (TPSA) is 256 Å². The van der Waals surface area contributed by atoms with Gasteiger partial charge in [-0.15, -0.1) is 0 Å². The lowest BCUT2D eigenvalue weighted by atomic mass is 9.95. The van der Waals surface area contributed by atoms with E-state index in [1.54, 1.807) is 0 Å². The number of hydrogen-bond acceptors (Lipinski definition) is 16. The smallest absolute Gasteiger partial charge is 0.217 e. The molecule has 17 heteroatoms. The quantitative estimate of drug-likeness (QED) is 0.0683. The highest BCUT2D eigenvalue weighted by molar-refractivity contribution is 5.73. The Hall–Kier alpha value is -1.13. The fourth-order valence-corrected chi connectivity index (χ4v) is 5.82. The summed E-state index contributed by atoms with van der Waals surface area (Å²) in [6.45, 7) is 1.75. The lowest BCUT2D eigenvalue weighted by Crippen LogP contribution is -2.68. The summed E-state index contributed by atoms with van der Waals surface area (Å²) in [5.41, 5.74) is 0. The van der Waals surface area contributed by atoms with Crippen LogP contribution in [0.2, 0.25) is 0 Å². The SMILES string of the molecule is CCCCCCCCO[C@@H]1O[C@H](CO[C@H]2O[C@H](CO)[C@@H](OC)[C@H](O)[C@@H]2O[C@@H]2O[C@H](CO)[C@@H](O)[C@H](O)[C@H]2NC(C)=O)[C@@H](O)[C@H](O)[C@H]1O. The van der Waals surface area contributed by atoms with Crippen LogP contribution in [0.3, 0.4) is 0 Å². The molecule has 9 N–H and O–H groups in total. The highest BCUT2D eigenvalue weighted by Crippen LogP contribution is 2.32. The molecular formula is C29H53NO16. The number of amides is 1. The Morgan fingerprint density at radius 1 is 0.674 bits per heavy atom. The molecule has 0 saturated carbocycles. The van der Waals surface area contributed by atoms with Crippen molar-refractivity contribution in [3.63, 3.8) is 0 Å². The normalized spacial score (nSPS) is 41.8. The summed E-state index contributed by atoms with van der Waals surface area (Å²) < 4.78 is 40.0. The summed E-state index contributed by atoms with van der Waals surface area (Å²) in [4.78, 5) is 11.9. The average molecular weight is 672 g/mol. The number of aliphatic hydroxyl groups is 8. The number of carbonyl (C=O) groups excluding carboxylic acids is 1. The van der Waals surface area contributed by atoms with Crippen LogP contribution in [-0.4, -0.2) is 172 Å². The maximum atomic E-state index is 11.9. The van der Waals surface area contributed by atoms with Gasteiger partial charge in [-0.2, -0.15) is 0 Å². The third-order valence-corrected chi connectivity index (χ3v) is 8.48. The van der Waals surface area contributed by atoms with E-state index in [4.69, 9.17) is 33.2 Å². The van der Waals surface area contributed by atoms with Crippen LogP contribution < -0.4 is 5.32 Å². The molecule has 3 aliphatic heterocycles. The van der Waals surface area contributed by atoms with Gasteiger partial charge in [0.1, 0.15) is 73.2 Å². The minimum absolute atomic E-state index is 0.251. The third-order valence-electron chi connectivity index (χ3n) is 8.48. The van der Waals surface area contributed by atoms with Gasteiger partial charge in [0.15, 0.2) is 18.9 Å². The molecule has 3 aliphatic rings. The Morgan fingerprint density at radius 2 is 1.28 bits per heavy atom. The van der Waals surface area contributed by atoms with Gasteiger partial charge >= 0.3 is 0 Å². The van der Waals surface area contributed by atoms with Crippen molar-refractivity contribution in [2.75, 3.05) is 33.5 Å². The predicted molar refractivity (Wildman–Crippen MR) is 155 cm³/mol. The van der Waals surface area contributed by atoms with Gasteiger partial charge in [0.05, 0.1) is 19.8 Å². The zero-order valence-electron chi connectivity index (χ0n) is 26.6. The van der Waals surface area contributed by atoms with E-state index in [9.17, 15) is 45.6 Å². The average Bonchev–Trinajstić information content (AvgIpc) is 3.03. The molecule has 46 heavy (non-hydrogen) atoms. The summed E-state index contributed by atoms with van der Waals surface area (Å²) in [6, 6.07) is -1.36. The fraction of sp³-hybridized carbons (Fsp3) is 0.966. The molecule has 0 spiro atoms. The van der Waals surface area contributed by atoms with E-state index < -0.39 is 118 Å². The summed E-state index contributed by atoms with van der Waals surface area (Å²) in [6.07, 6.45) is -14.2. The first-order valence-electron chi connectivity index (χ1n) is 15.9. The summed E-state index contributed by atoms with van der Waals surface area (Å²) in [5.74, 6) is -0.600. The standard InChI is InChI=1S/C29H53NO16/c1-4-5-6-7-8-9-10-41-28-23(38)22(37)20(35)17(45-28)13-42-29-26(24(39)25(40-3)16(12-32)44-29)46-27-18(30-14(2)33)21(36)19(34)15(11-31)43-27/h15-29,31-32,34-39H,4-13H2,1-3H3,(H,30,33)/t15-,16-,17-,18-,19-,20-,21-,22+,23-,24+,25-,26+,27+,28-,29+/m1/s1. The van der Waals surface area contributed by atoms with Crippen LogP contribution in [0.4, 0.5) is 0 Å². The van der Waals surface area contributed by atoms with E-state index in [0.29, 0.717) is 6.42 Å². The molecule has 0 aromatic rings. The van der Waals surface area contributed by atoms with E-state index in [1.807, 2.05) is 0 Å².